The van der Waals surface area contributed by atoms with Crippen molar-refractivity contribution in [3.8, 4) is 11.4 Å². The van der Waals surface area contributed by atoms with E-state index in [1.54, 1.807) is 0 Å². The summed E-state index contributed by atoms with van der Waals surface area (Å²) in [5.74, 6) is -1.00. The van der Waals surface area contributed by atoms with Gasteiger partial charge in [0.25, 0.3) is 0 Å². The van der Waals surface area contributed by atoms with Crippen LogP contribution < -0.4 is 5.32 Å². The largest absolute Gasteiger partial charge is 0.473 e. The number of hydrogen-bond acceptors (Lipinski definition) is 6. The Kier molecular flexibility index (Phi) is 5.06. The van der Waals surface area contributed by atoms with Gasteiger partial charge >= 0.3 is 11.9 Å². The Morgan fingerprint density at radius 3 is 2.59 bits per heavy atom. The van der Waals surface area contributed by atoms with Crippen molar-refractivity contribution in [1.29, 1.82) is 0 Å². The number of carboxylic acids is 2. The van der Waals surface area contributed by atoms with Gasteiger partial charge in [0.2, 0.25) is 11.7 Å². The number of para-hydroxylation sites is 1. The van der Waals surface area contributed by atoms with Crippen molar-refractivity contribution in [3.05, 3.63) is 36.4 Å². The van der Waals surface area contributed by atoms with Gasteiger partial charge in [-0.3, -0.25) is 0 Å². The van der Waals surface area contributed by atoms with Crippen LogP contribution in [0.1, 0.15) is 31.1 Å². The highest BCUT2D eigenvalue weighted by Gasteiger charge is 2.39. The molecule has 9 heteroatoms. The third-order valence-electron chi connectivity index (χ3n) is 5.71. The lowest BCUT2D eigenvalue weighted by Gasteiger charge is -2.41. The normalized spacial score (nSPS) is 22.9. The first-order valence-corrected chi connectivity index (χ1v) is 9.51. The zero-order valence-electron chi connectivity index (χ0n) is 15.9. The first-order chi connectivity index (χ1) is 13.9. The predicted molar refractivity (Wildman–Crippen MR) is 103 cm³/mol. The molecule has 0 radical (unpaired) electrons. The number of aliphatic carboxylic acids is 2. The molecule has 3 fully saturated rings. The SMILES string of the molecule is Cn1cc(-c2noc([C@@H]3CC4CC[C@H]3NC4)n2)c2ccccc21.O=C(O)C(=O)O. The van der Waals surface area contributed by atoms with Crippen LogP contribution in [0.5, 0.6) is 0 Å². The maximum Gasteiger partial charge on any atom is 0.414 e. The van der Waals surface area contributed by atoms with Gasteiger partial charge in [0.05, 0.1) is 5.92 Å². The topological polar surface area (TPSA) is 130 Å². The maximum atomic E-state index is 9.10. The second-order valence-corrected chi connectivity index (χ2v) is 7.54. The summed E-state index contributed by atoms with van der Waals surface area (Å²) in [5, 5.41) is 23.9. The molecule has 0 spiro atoms. The smallest absolute Gasteiger partial charge is 0.414 e. The number of nitrogens with zero attached hydrogens (tertiary/aromatic N) is 3. The molecule has 1 unspecified atom stereocenters. The lowest BCUT2D eigenvalue weighted by Crippen LogP contribution is -2.49. The van der Waals surface area contributed by atoms with Crippen molar-refractivity contribution >= 4 is 22.8 Å². The van der Waals surface area contributed by atoms with Crippen LogP contribution in [-0.2, 0) is 16.6 Å². The number of hydrogen-bond donors (Lipinski definition) is 3. The Hall–Kier alpha value is -3.20. The molecule has 9 nitrogen and oxygen atoms in total. The minimum Gasteiger partial charge on any atom is -0.473 e. The zero-order chi connectivity index (χ0) is 20.5. The second kappa shape index (κ2) is 7.67. The molecule has 1 saturated carbocycles. The van der Waals surface area contributed by atoms with Crippen LogP contribution in [0, 0.1) is 5.92 Å². The summed E-state index contributed by atoms with van der Waals surface area (Å²) in [7, 11) is 2.05. The van der Waals surface area contributed by atoms with Gasteiger partial charge in [-0.25, -0.2) is 9.59 Å². The molecule has 2 aliphatic heterocycles. The van der Waals surface area contributed by atoms with Gasteiger partial charge in [0.1, 0.15) is 0 Å². The Morgan fingerprint density at radius 1 is 1.21 bits per heavy atom. The van der Waals surface area contributed by atoms with Crippen LogP contribution in [-0.4, -0.2) is 49.4 Å². The number of piperidine rings is 2. The third kappa shape index (κ3) is 3.73. The fourth-order valence-electron chi connectivity index (χ4n) is 4.29. The first-order valence-electron chi connectivity index (χ1n) is 9.51. The number of carboxylic acid groups (broad SMARTS) is 2. The van der Waals surface area contributed by atoms with Crippen molar-refractivity contribution in [2.24, 2.45) is 13.0 Å². The number of aromatic nitrogens is 3. The highest BCUT2D eigenvalue weighted by atomic mass is 16.5. The maximum absolute atomic E-state index is 9.10. The molecule has 152 valence electrons. The number of aryl methyl sites for hydroxylation is 1. The van der Waals surface area contributed by atoms with Crippen molar-refractivity contribution in [2.75, 3.05) is 6.54 Å². The minimum atomic E-state index is -1.82. The first kappa shape index (κ1) is 19.1. The van der Waals surface area contributed by atoms with Crippen LogP contribution >= 0.6 is 0 Å². The van der Waals surface area contributed by atoms with Crippen molar-refractivity contribution in [2.45, 2.75) is 31.2 Å². The average molecular weight is 398 g/mol. The number of rotatable bonds is 2. The van der Waals surface area contributed by atoms with Gasteiger partial charge in [0.15, 0.2) is 0 Å². The van der Waals surface area contributed by atoms with Gasteiger partial charge in [-0.05, 0) is 37.8 Å². The average Bonchev–Trinajstić information content (AvgIpc) is 3.35. The number of benzene rings is 1. The molecule has 29 heavy (non-hydrogen) atoms. The molecular weight excluding hydrogens is 376 g/mol. The van der Waals surface area contributed by atoms with E-state index in [0.717, 1.165) is 23.9 Å². The molecule has 3 atom stereocenters. The fourth-order valence-corrected chi connectivity index (χ4v) is 4.29. The number of carbonyl (C=O) groups is 2. The van der Waals surface area contributed by atoms with Gasteiger partial charge in [-0.2, -0.15) is 4.98 Å². The summed E-state index contributed by atoms with van der Waals surface area (Å²) in [6, 6.07) is 8.84. The Balaban J connectivity index is 0.000000302. The molecule has 6 rings (SSSR count). The van der Waals surface area contributed by atoms with E-state index in [2.05, 4.69) is 52.6 Å². The summed E-state index contributed by atoms with van der Waals surface area (Å²) in [5.41, 5.74) is 2.24. The summed E-state index contributed by atoms with van der Waals surface area (Å²) in [6.45, 7) is 1.14. The van der Waals surface area contributed by atoms with E-state index in [9.17, 15) is 0 Å². The van der Waals surface area contributed by atoms with Crippen LogP contribution in [0.4, 0.5) is 0 Å². The molecule has 2 aromatic heterocycles. The van der Waals surface area contributed by atoms with Crippen molar-refractivity contribution < 1.29 is 24.3 Å². The lowest BCUT2D eigenvalue weighted by atomic mass is 9.74. The van der Waals surface area contributed by atoms with Gasteiger partial charge < -0.3 is 24.6 Å². The summed E-state index contributed by atoms with van der Waals surface area (Å²) in [4.78, 5) is 23.0. The highest BCUT2D eigenvalue weighted by Crippen LogP contribution is 2.40. The van der Waals surface area contributed by atoms with E-state index in [1.807, 2.05) is 0 Å². The van der Waals surface area contributed by atoms with Crippen LogP contribution in [0.3, 0.4) is 0 Å². The summed E-state index contributed by atoms with van der Waals surface area (Å²) >= 11 is 0. The Labute approximate surface area is 166 Å². The zero-order valence-corrected chi connectivity index (χ0v) is 15.9. The molecule has 3 aliphatic rings. The molecule has 2 saturated heterocycles. The molecular formula is C20H22N4O5. The molecule has 2 bridgehead atoms. The number of fused-ring (bicyclic) bond motifs is 4. The van der Waals surface area contributed by atoms with E-state index in [-0.39, 0.29) is 0 Å². The summed E-state index contributed by atoms with van der Waals surface area (Å²) < 4.78 is 7.77. The summed E-state index contributed by atoms with van der Waals surface area (Å²) in [6.07, 6.45) is 5.82. The van der Waals surface area contributed by atoms with Gasteiger partial charge in [-0.1, -0.05) is 23.4 Å². The van der Waals surface area contributed by atoms with Crippen LogP contribution in [0.15, 0.2) is 35.0 Å². The second-order valence-electron chi connectivity index (χ2n) is 7.54. The molecule has 4 heterocycles. The predicted octanol–water partition coefficient (Wildman–Crippen LogP) is 2.24. The third-order valence-corrected chi connectivity index (χ3v) is 5.71. The van der Waals surface area contributed by atoms with Crippen molar-refractivity contribution in [1.82, 2.24) is 20.0 Å². The van der Waals surface area contributed by atoms with E-state index >= 15 is 0 Å². The van der Waals surface area contributed by atoms with Gasteiger partial charge in [-0.15, -0.1) is 0 Å². The fraction of sp³-hybridized carbons (Fsp3) is 0.400. The monoisotopic (exact) mass is 398 g/mol. The lowest BCUT2D eigenvalue weighted by molar-refractivity contribution is -0.159. The highest BCUT2D eigenvalue weighted by molar-refractivity contribution is 6.27. The number of nitrogens with one attached hydrogen (secondary N) is 1. The Bertz CT molecular complexity index is 1040. The van der Waals surface area contributed by atoms with E-state index in [4.69, 9.17) is 29.3 Å². The van der Waals surface area contributed by atoms with Crippen LogP contribution in [0.25, 0.3) is 22.3 Å². The molecule has 0 amide bonds. The Morgan fingerprint density at radius 2 is 1.97 bits per heavy atom. The van der Waals surface area contributed by atoms with E-state index < -0.39 is 11.9 Å². The standard InChI is InChI=1S/C18H20N4O.C2H2O4/c1-22-10-14(12-4-2-3-5-16(12)22)17-20-18(23-21-17)13-8-11-6-7-15(13)19-9-11;3-1(4)2(5)6/h2-5,10-11,13,15,19H,6-9H2,1H3;(H,3,4)(H,5,6)/t11?,13-,15-;/m1./s1. The van der Waals surface area contributed by atoms with E-state index in [0.29, 0.717) is 17.8 Å². The molecule has 3 aromatic rings. The van der Waals surface area contributed by atoms with E-state index in [1.165, 1.54) is 30.2 Å². The molecule has 1 aromatic carbocycles. The van der Waals surface area contributed by atoms with Crippen LogP contribution in [0.2, 0.25) is 0 Å². The molecule has 3 N–H and O–H groups in total. The molecule has 1 aliphatic carbocycles. The quantitative estimate of drug-likeness (QED) is 0.560. The van der Waals surface area contributed by atoms with Gasteiger partial charge in [0, 0.05) is 35.8 Å². The van der Waals surface area contributed by atoms with Crippen molar-refractivity contribution in [3.63, 3.8) is 0 Å². The minimum absolute atomic E-state index is 0.374.